The molecule has 2 saturated heterocycles. The van der Waals surface area contributed by atoms with E-state index in [-0.39, 0.29) is 5.92 Å². The molecule has 3 heteroatoms. The molecule has 2 fully saturated rings. The molecule has 2 nitrogen and oxygen atoms in total. The SMILES string of the molecule is CC.CC(C)C1CCN(C)C1.CC1CNCC1F. The largest absolute Gasteiger partial charge is 0.313 e. The van der Waals surface area contributed by atoms with Crippen molar-refractivity contribution in [1.29, 1.82) is 0 Å². The van der Waals surface area contributed by atoms with Gasteiger partial charge in [-0.05, 0) is 31.8 Å². The topological polar surface area (TPSA) is 15.3 Å². The second-order valence-corrected chi connectivity index (χ2v) is 5.71. The van der Waals surface area contributed by atoms with E-state index in [1.54, 1.807) is 0 Å². The van der Waals surface area contributed by atoms with Crippen molar-refractivity contribution in [3.05, 3.63) is 0 Å². The van der Waals surface area contributed by atoms with Crippen LogP contribution in [0.4, 0.5) is 4.39 Å². The minimum atomic E-state index is -0.597. The van der Waals surface area contributed by atoms with Gasteiger partial charge in [0.15, 0.2) is 0 Å². The van der Waals surface area contributed by atoms with Gasteiger partial charge in [0.25, 0.3) is 0 Å². The molecule has 0 amide bonds. The van der Waals surface area contributed by atoms with Crippen molar-refractivity contribution < 1.29 is 4.39 Å². The lowest BCUT2D eigenvalue weighted by Crippen LogP contribution is -2.16. The van der Waals surface area contributed by atoms with Crippen LogP contribution in [0, 0.1) is 17.8 Å². The Kier molecular flexibility index (Phi) is 9.66. The Bertz CT molecular complexity index is 189. The van der Waals surface area contributed by atoms with E-state index in [9.17, 15) is 4.39 Å². The molecule has 2 rings (SSSR count). The summed E-state index contributed by atoms with van der Waals surface area (Å²) < 4.78 is 12.3. The molecule has 0 bridgehead atoms. The van der Waals surface area contributed by atoms with Gasteiger partial charge in [0.05, 0.1) is 0 Å². The van der Waals surface area contributed by atoms with Crippen LogP contribution in [0.2, 0.25) is 0 Å². The maximum absolute atomic E-state index is 12.3. The summed E-state index contributed by atoms with van der Waals surface area (Å²) in [6.45, 7) is 14.6. The van der Waals surface area contributed by atoms with Crippen molar-refractivity contribution in [2.24, 2.45) is 17.8 Å². The number of halogens is 1. The summed E-state index contributed by atoms with van der Waals surface area (Å²) in [6, 6.07) is 0. The normalized spacial score (nSPS) is 31.7. The van der Waals surface area contributed by atoms with E-state index in [4.69, 9.17) is 0 Å². The zero-order valence-electron chi connectivity index (χ0n) is 13.2. The first kappa shape index (κ1) is 17.8. The fourth-order valence-corrected chi connectivity index (χ4v) is 2.29. The maximum atomic E-state index is 12.3. The lowest BCUT2D eigenvalue weighted by atomic mass is 9.95. The molecule has 2 aliphatic rings. The summed E-state index contributed by atoms with van der Waals surface area (Å²) in [5, 5.41) is 2.95. The van der Waals surface area contributed by atoms with Crippen LogP contribution in [0.15, 0.2) is 0 Å². The monoisotopic (exact) mass is 260 g/mol. The number of nitrogens with one attached hydrogen (secondary N) is 1. The van der Waals surface area contributed by atoms with Gasteiger partial charge < -0.3 is 10.2 Å². The average molecular weight is 260 g/mol. The highest BCUT2D eigenvalue weighted by atomic mass is 19.1. The highest BCUT2D eigenvalue weighted by Crippen LogP contribution is 2.21. The van der Waals surface area contributed by atoms with E-state index in [0.717, 1.165) is 18.4 Å². The lowest BCUT2D eigenvalue weighted by molar-refractivity contribution is 0.298. The van der Waals surface area contributed by atoms with Gasteiger partial charge in [-0.15, -0.1) is 0 Å². The molecule has 0 spiro atoms. The third kappa shape index (κ3) is 6.69. The van der Waals surface area contributed by atoms with Crippen LogP contribution in [0.1, 0.15) is 41.0 Å². The molecule has 0 radical (unpaired) electrons. The van der Waals surface area contributed by atoms with Gasteiger partial charge in [-0.25, -0.2) is 4.39 Å². The van der Waals surface area contributed by atoms with Gasteiger partial charge >= 0.3 is 0 Å². The molecule has 18 heavy (non-hydrogen) atoms. The Morgan fingerprint density at radius 1 is 1.22 bits per heavy atom. The minimum Gasteiger partial charge on any atom is -0.313 e. The number of hydrogen-bond acceptors (Lipinski definition) is 2. The number of hydrogen-bond donors (Lipinski definition) is 1. The number of rotatable bonds is 1. The van der Waals surface area contributed by atoms with Crippen LogP contribution >= 0.6 is 0 Å². The number of likely N-dealkylation sites (tertiary alicyclic amines) is 1. The van der Waals surface area contributed by atoms with Crippen molar-refractivity contribution in [2.75, 3.05) is 33.2 Å². The average Bonchev–Trinajstić information content (AvgIpc) is 2.93. The Hall–Kier alpha value is -0.150. The zero-order chi connectivity index (χ0) is 14.1. The molecule has 110 valence electrons. The fourth-order valence-electron chi connectivity index (χ4n) is 2.29. The van der Waals surface area contributed by atoms with E-state index in [2.05, 4.69) is 31.1 Å². The van der Waals surface area contributed by atoms with Gasteiger partial charge in [-0.1, -0.05) is 34.6 Å². The Labute approximate surface area is 113 Å². The zero-order valence-corrected chi connectivity index (χ0v) is 13.2. The van der Waals surface area contributed by atoms with Crippen molar-refractivity contribution in [1.82, 2.24) is 10.2 Å². The van der Waals surface area contributed by atoms with Crippen LogP contribution in [0.25, 0.3) is 0 Å². The van der Waals surface area contributed by atoms with Crippen molar-refractivity contribution >= 4 is 0 Å². The van der Waals surface area contributed by atoms with E-state index < -0.39 is 6.17 Å². The summed E-state index contributed by atoms with van der Waals surface area (Å²) in [6.07, 6.45) is 0.814. The summed E-state index contributed by atoms with van der Waals surface area (Å²) in [5.74, 6) is 2.09. The summed E-state index contributed by atoms with van der Waals surface area (Å²) in [7, 11) is 2.21. The van der Waals surface area contributed by atoms with Crippen LogP contribution in [0.3, 0.4) is 0 Å². The molecule has 0 aliphatic carbocycles. The Morgan fingerprint density at radius 2 is 1.83 bits per heavy atom. The van der Waals surface area contributed by atoms with Crippen molar-refractivity contribution in [3.63, 3.8) is 0 Å². The fraction of sp³-hybridized carbons (Fsp3) is 1.00. The molecule has 3 atom stereocenters. The van der Waals surface area contributed by atoms with Gasteiger partial charge in [0.2, 0.25) is 0 Å². The van der Waals surface area contributed by atoms with E-state index >= 15 is 0 Å². The molecule has 2 aliphatic heterocycles. The molecule has 0 saturated carbocycles. The standard InChI is InChI=1S/C8H17N.C5H10FN.C2H6/c1-7(2)8-4-5-9(3)6-8;1-4-2-7-3-5(4)6;1-2/h7-8H,4-6H2,1-3H3;4-5,7H,2-3H2,1H3;1-2H3. The number of nitrogens with zero attached hydrogens (tertiary/aromatic N) is 1. The van der Waals surface area contributed by atoms with Gasteiger partial charge in [0, 0.05) is 25.6 Å². The molecule has 2 heterocycles. The predicted molar refractivity (Wildman–Crippen MR) is 78.7 cm³/mol. The molecule has 0 aromatic carbocycles. The van der Waals surface area contributed by atoms with E-state index in [1.165, 1.54) is 19.5 Å². The molecule has 0 aromatic heterocycles. The third-order valence-corrected chi connectivity index (χ3v) is 3.79. The van der Waals surface area contributed by atoms with Gasteiger partial charge in [-0.3, -0.25) is 0 Å². The van der Waals surface area contributed by atoms with Gasteiger partial charge in [-0.2, -0.15) is 0 Å². The summed E-state index contributed by atoms with van der Waals surface area (Å²) in [4.78, 5) is 2.42. The maximum Gasteiger partial charge on any atom is 0.116 e. The van der Waals surface area contributed by atoms with Crippen LogP contribution in [0.5, 0.6) is 0 Å². The minimum absolute atomic E-state index is 0.236. The highest BCUT2D eigenvalue weighted by Gasteiger charge is 2.21. The van der Waals surface area contributed by atoms with Crippen molar-refractivity contribution in [2.45, 2.75) is 47.2 Å². The molecule has 1 N–H and O–H groups in total. The smallest absolute Gasteiger partial charge is 0.116 e. The van der Waals surface area contributed by atoms with Crippen LogP contribution in [-0.2, 0) is 0 Å². The second-order valence-electron chi connectivity index (χ2n) is 5.71. The molecular weight excluding hydrogens is 227 g/mol. The van der Waals surface area contributed by atoms with E-state index in [1.807, 2.05) is 20.8 Å². The quantitative estimate of drug-likeness (QED) is 0.779. The molecule has 3 unspecified atom stereocenters. The first-order chi connectivity index (χ1) is 8.50. The first-order valence-electron chi connectivity index (χ1n) is 7.54. The van der Waals surface area contributed by atoms with Gasteiger partial charge in [0.1, 0.15) is 6.17 Å². The molecular formula is C15H33FN2. The first-order valence-corrected chi connectivity index (χ1v) is 7.54. The number of alkyl halides is 1. The second kappa shape index (κ2) is 9.74. The predicted octanol–water partition coefficient (Wildman–Crippen LogP) is 3.18. The third-order valence-electron chi connectivity index (χ3n) is 3.79. The van der Waals surface area contributed by atoms with Crippen LogP contribution in [-0.4, -0.2) is 44.3 Å². The van der Waals surface area contributed by atoms with Crippen molar-refractivity contribution in [3.8, 4) is 0 Å². The highest BCUT2D eigenvalue weighted by molar-refractivity contribution is 4.76. The Morgan fingerprint density at radius 3 is 2.00 bits per heavy atom. The van der Waals surface area contributed by atoms with Crippen LogP contribution < -0.4 is 5.32 Å². The Balaban J connectivity index is 0.000000289. The summed E-state index contributed by atoms with van der Waals surface area (Å²) >= 11 is 0. The summed E-state index contributed by atoms with van der Waals surface area (Å²) in [5.41, 5.74) is 0. The molecule has 0 aromatic rings. The van der Waals surface area contributed by atoms with E-state index in [0.29, 0.717) is 6.54 Å². The lowest BCUT2D eigenvalue weighted by Gasteiger charge is -2.13.